The van der Waals surface area contributed by atoms with Gasteiger partial charge in [-0.2, -0.15) is 0 Å². The summed E-state index contributed by atoms with van der Waals surface area (Å²) in [6.45, 7) is 0. The normalized spacial score (nSPS) is 20.6. The van der Waals surface area contributed by atoms with Crippen molar-refractivity contribution < 1.29 is 9.59 Å². The Bertz CT molecular complexity index is 465. The fourth-order valence-corrected chi connectivity index (χ4v) is 1.79. The van der Waals surface area contributed by atoms with Crippen molar-refractivity contribution in [2.45, 2.75) is 18.9 Å². The second-order valence-electron chi connectivity index (χ2n) is 3.75. The first-order chi connectivity index (χ1) is 8.09. The van der Waals surface area contributed by atoms with E-state index in [2.05, 4.69) is 15.3 Å². The van der Waals surface area contributed by atoms with Gasteiger partial charge in [-0.15, -0.1) is 0 Å². The molecule has 1 aromatic heterocycles. The number of carbonyl (C=O) groups is 2. The molecule has 1 saturated heterocycles. The van der Waals surface area contributed by atoms with Crippen LogP contribution in [0.25, 0.3) is 0 Å². The molecule has 2 amide bonds. The zero-order chi connectivity index (χ0) is 12.4. The smallest absolute Gasteiger partial charge is 0.251 e. The van der Waals surface area contributed by atoms with Crippen molar-refractivity contribution in [3.63, 3.8) is 0 Å². The minimum Gasteiger partial charge on any atom is -0.357 e. The highest BCUT2D eigenvalue weighted by Crippen LogP contribution is 2.21. The van der Waals surface area contributed by atoms with Crippen molar-refractivity contribution >= 4 is 29.2 Å². The molecule has 0 aromatic carbocycles. The highest BCUT2D eigenvalue weighted by atomic mass is 35.5. The number of carbonyl (C=O) groups excluding carboxylic acids is 2. The van der Waals surface area contributed by atoms with Gasteiger partial charge in [0.15, 0.2) is 0 Å². The molecule has 90 valence electrons. The molecule has 2 rings (SSSR count). The molecule has 1 atom stereocenters. The van der Waals surface area contributed by atoms with Crippen LogP contribution < -0.4 is 5.32 Å². The maximum Gasteiger partial charge on any atom is 0.251 e. The predicted octanol–water partition coefficient (Wildman–Crippen LogP) is 0.689. The maximum atomic E-state index is 11.8. The molecule has 7 heteroatoms. The molecule has 0 aliphatic carbocycles. The van der Waals surface area contributed by atoms with Gasteiger partial charge in [-0.3, -0.25) is 14.5 Å². The Kier molecular flexibility index (Phi) is 3.23. The van der Waals surface area contributed by atoms with Crippen molar-refractivity contribution in [3.05, 3.63) is 17.5 Å². The summed E-state index contributed by atoms with van der Waals surface area (Å²) >= 11 is 5.88. The van der Waals surface area contributed by atoms with Crippen LogP contribution in [0.5, 0.6) is 0 Å². The van der Waals surface area contributed by atoms with Crippen molar-refractivity contribution in [1.82, 2.24) is 14.9 Å². The lowest BCUT2D eigenvalue weighted by Crippen LogP contribution is -2.48. The summed E-state index contributed by atoms with van der Waals surface area (Å²) in [5, 5.41) is 3.27. The first-order valence-electron chi connectivity index (χ1n) is 5.12. The van der Waals surface area contributed by atoms with Crippen LogP contribution in [0.4, 0.5) is 5.82 Å². The van der Waals surface area contributed by atoms with Crippen molar-refractivity contribution in [2.24, 2.45) is 0 Å². The Morgan fingerprint density at radius 1 is 1.53 bits per heavy atom. The molecular formula is C10H11ClN4O2. The van der Waals surface area contributed by atoms with Crippen molar-refractivity contribution in [3.8, 4) is 0 Å². The zero-order valence-electron chi connectivity index (χ0n) is 9.18. The maximum absolute atomic E-state index is 11.8. The van der Waals surface area contributed by atoms with Gasteiger partial charge in [0.25, 0.3) is 5.91 Å². The predicted molar refractivity (Wildman–Crippen MR) is 61.5 cm³/mol. The number of amides is 2. The van der Waals surface area contributed by atoms with Gasteiger partial charge in [0.05, 0.1) is 6.20 Å². The third-order valence-electron chi connectivity index (χ3n) is 2.63. The largest absolute Gasteiger partial charge is 0.357 e. The van der Waals surface area contributed by atoms with E-state index in [9.17, 15) is 9.59 Å². The van der Waals surface area contributed by atoms with Crippen LogP contribution >= 0.6 is 11.6 Å². The van der Waals surface area contributed by atoms with Crippen molar-refractivity contribution in [2.75, 3.05) is 12.4 Å². The van der Waals surface area contributed by atoms with Gasteiger partial charge in [0.2, 0.25) is 5.91 Å². The quantitative estimate of drug-likeness (QED) is 0.786. The molecule has 1 fully saturated rings. The lowest BCUT2D eigenvalue weighted by molar-refractivity contribution is -0.146. The molecule has 17 heavy (non-hydrogen) atoms. The number of anilines is 1. The number of rotatable bonds is 2. The highest BCUT2D eigenvalue weighted by Gasteiger charge is 2.32. The number of nitrogens with one attached hydrogen (secondary N) is 1. The molecule has 0 bridgehead atoms. The van der Waals surface area contributed by atoms with E-state index in [4.69, 9.17) is 11.6 Å². The summed E-state index contributed by atoms with van der Waals surface area (Å²) in [7, 11) is 1.47. The SMILES string of the molecule is CN1C(=O)CCC(Nc2ncncc2Cl)C1=O. The van der Waals surface area contributed by atoms with Gasteiger partial charge in [0, 0.05) is 13.5 Å². The van der Waals surface area contributed by atoms with E-state index in [0.29, 0.717) is 23.7 Å². The topological polar surface area (TPSA) is 75.2 Å². The van der Waals surface area contributed by atoms with Gasteiger partial charge >= 0.3 is 0 Å². The van der Waals surface area contributed by atoms with Gasteiger partial charge in [-0.25, -0.2) is 9.97 Å². The Labute approximate surface area is 103 Å². The van der Waals surface area contributed by atoms with Gasteiger partial charge in [-0.05, 0) is 6.42 Å². The highest BCUT2D eigenvalue weighted by molar-refractivity contribution is 6.32. The summed E-state index contributed by atoms with van der Waals surface area (Å²) in [6, 6.07) is -0.468. The number of hydrogen-bond donors (Lipinski definition) is 1. The molecule has 6 nitrogen and oxygen atoms in total. The minimum atomic E-state index is -0.468. The van der Waals surface area contributed by atoms with Crippen LogP contribution in [0.3, 0.4) is 0 Å². The Hall–Kier alpha value is -1.69. The Balaban J connectivity index is 2.12. The molecule has 1 aliphatic heterocycles. The second kappa shape index (κ2) is 4.67. The number of hydrogen-bond acceptors (Lipinski definition) is 5. The average Bonchev–Trinajstić information content (AvgIpc) is 2.32. The molecule has 0 saturated carbocycles. The molecule has 2 heterocycles. The van der Waals surface area contributed by atoms with E-state index in [1.165, 1.54) is 19.6 Å². The fourth-order valence-electron chi connectivity index (χ4n) is 1.63. The van der Waals surface area contributed by atoms with Crippen LogP contribution in [-0.2, 0) is 9.59 Å². The van der Waals surface area contributed by atoms with E-state index in [1.54, 1.807) is 0 Å². The summed E-state index contributed by atoms with van der Waals surface area (Å²) in [5.41, 5.74) is 0. The lowest BCUT2D eigenvalue weighted by atomic mass is 10.0. The first-order valence-corrected chi connectivity index (χ1v) is 5.50. The second-order valence-corrected chi connectivity index (χ2v) is 4.15. The van der Waals surface area contributed by atoms with E-state index in [-0.39, 0.29) is 11.8 Å². The van der Waals surface area contributed by atoms with Crippen LogP contribution in [0.1, 0.15) is 12.8 Å². The minimum absolute atomic E-state index is 0.165. The van der Waals surface area contributed by atoms with E-state index in [0.717, 1.165) is 4.90 Å². The summed E-state index contributed by atoms with van der Waals surface area (Å²) in [4.78, 5) is 31.9. The number of likely N-dealkylation sites (tertiary alicyclic amines) is 1. The average molecular weight is 255 g/mol. The van der Waals surface area contributed by atoms with Gasteiger partial charge in [0.1, 0.15) is 23.2 Å². The molecule has 1 N–H and O–H groups in total. The first kappa shape index (κ1) is 11.8. The number of halogens is 1. The molecular weight excluding hydrogens is 244 g/mol. The molecule has 1 aromatic rings. The van der Waals surface area contributed by atoms with Crippen LogP contribution in [0.2, 0.25) is 5.02 Å². The number of aromatic nitrogens is 2. The summed E-state index contributed by atoms with van der Waals surface area (Å²) < 4.78 is 0. The number of likely N-dealkylation sites (N-methyl/N-ethyl adjacent to an activating group) is 1. The van der Waals surface area contributed by atoms with Crippen LogP contribution in [-0.4, -0.2) is 39.8 Å². The fraction of sp³-hybridized carbons (Fsp3) is 0.400. The Morgan fingerprint density at radius 2 is 2.29 bits per heavy atom. The van der Waals surface area contributed by atoms with E-state index >= 15 is 0 Å². The molecule has 0 spiro atoms. The third-order valence-corrected chi connectivity index (χ3v) is 2.90. The monoisotopic (exact) mass is 254 g/mol. The molecule has 1 unspecified atom stereocenters. The van der Waals surface area contributed by atoms with Crippen LogP contribution in [0.15, 0.2) is 12.5 Å². The van der Waals surface area contributed by atoms with Crippen LogP contribution in [0, 0.1) is 0 Å². The summed E-state index contributed by atoms with van der Waals surface area (Å²) in [6.07, 6.45) is 3.57. The van der Waals surface area contributed by atoms with Gasteiger partial charge in [-0.1, -0.05) is 11.6 Å². The van der Waals surface area contributed by atoms with E-state index < -0.39 is 6.04 Å². The van der Waals surface area contributed by atoms with Crippen molar-refractivity contribution in [1.29, 1.82) is 0 Å². The standard InChI is InChI=1S/C10H11ClN4O2/c1-15-8(16)3-2-7(10(15)17)14-9-6(11)4-12-5-13-9/h4-5,7H,2-3H2,1H3,(H,12,13,14). The zero-order valence-corrected chi connectivity index (χ0v) is 9.94. The summed E-state index contributed by atoms with van der Waals surface area (Å²) in [5.74, 6) is -0.0273. The lowest BCUT2D eigenvalue weighted by Gasteiger charge is -2.28. The van der Waals surface area contributed by atoms with Gasteiger partial charge < -0.3 is 5.32 Å². The number of piperidine rings is 1. The Morgan fingerprint density at radius 3 is 3.00 bits per heavy atom. The number of imide groups is 1. The third kappa shape index (κ3) is 2.36. The molecule has 1 aliphatic rings. The number of nitrogens with zero attached hydrogens (tertiary/aromatic N) is 3. The van der Waals surface area contributed by atoms with E-state index in [1.807, 2.05) is 0 Å². The molecule has 0 radical (unpaired) electrons.